The molecule has 0 aromatic rings. The van der Waals surface area contributed by atoms with E-state index in [0.29, 0.717) is 0 Å². The second-order valence-electron chi connectivity index (χ2n) is 6.93. The molecule has 0 heterocycles. The van der Waals surface area contributed by atoms with Gasteiger partial charge in [-0.25, -0.2) is 0 Å². The van der Waals surface area contributed by atoms with Crippen molar-refractivity contribution in [3.8, 4) is 0 Å². The SMILES string of the molecule is CC(C)C1=C(C(C)C)C(C(C)C)=C(C(C)C)C(=O)C1=O. The quantitative estimate of drug-likeness (QED) is 0.565. The average Bonchev–Trinajstić information content (AvgIpc) is 2.29. The fourth-order valence-electron chi connectivity index (χ4n) is 3.17. The molecule has 0 saturated carbocycles. The van der Waals surface area contributed by atoms with E-state index < -0.39 is 0 Å². The van der Waals surface area contributed by atoms with E-state index in [-0.39, 0.29) is 35.2 Å². The van der Waals surface area contributed by atoms with E-state index in [1.54, 1.807) is 0 Å². The third-order valence-electron chi connectivity index (χ3n) is 3.88. The van der Waals surface area contributed by atoms with Crippen LogP contribution in [0.15, 0.2) is 22.3 Å². The zero-order valence-corrected chi connectivity index (χ0v) is 14.1. The summed E-state index contributed by atoms with van der Waals surface area (Å²) in [6.07, 6.45) is 0. The fraction of sp³-hybridized carbons (Fsp3) is 0.667. The molecule has 2 heteroatoms. The van der Waals surface area contributed by atoms with Crippen LogP contribution in [-0.2, 0) is 9.59 Å². The van der Waals surface area contributed by atoms with Crippen LogP contribution in [0.4, 0.5) is 0 Å². The van der Waals surface area contributed by atoms with Crippen LogP contribution < -0.4 is 0 Å². The standard InChI is InChI=1S/C18H28O2/c1-9(2)13-14(10(3)4)16(12(7)8)18(20)17(19)15(13)11(5)6/h9-12H,1-8H3. The second kappa shape index (κ2) is 6.07. The highest BCUT2D eigenvalue weighted by Crippen LogP contribution is 2.40. The highest BCUT2D eigenvalue weighted by molar-refractivity contribution is 6.50. The zero-order valence-electron chi connectivity index (χ0n) is 14.1. The Bertz CT molecular complexity index is 440. The van der Waals surface area contributed by atoms with E-state index >= 15 is 0 Å². The van der Waals surface area contributed by atoms with Crippen molar-refractivity contribution >= 4 is 11.6 Å². The molecule has 0 aromatic carbocycles. The maximum atomic E-state index is 12.5. The Labute approximate surface area is 123 Å². The van der Waals surface area contributed by atoms with Crippen molar-refractivity contribution in [2.24, 2.45) is 23.7 Å². The van der Waals surface area contributed by atoms with Crippen LogP contribution in [0.1, 0.15) is 55.4 Å². The van der Waals surface area contributed by atoms with Crippen molar-refractivity contribution in [1.82, 2.24) is 0 Å². The summed E-state index contributed by atoms with van der Waals surface area (Å²) in [6.45, 7) is 16.5. The zero-order chi connectivity index (χ0) is 15.8. The van der Waals surface area contributed by atoms with E-state index in [4.69, 9.17) is 0 Å². The summed E-state index contributed by atoms with van der Waals surface area (Å²) in [5.41, 5.74) is 3.70. The minimum Gasteiger partial charge on any atom is -0.285 e. The predicted molar refractivity (Wildman–Crippen MR) is 83.4 cm³/mol. The molecule has 1 rings (SSSR count). The van der Waals surface area contributed by atoms with Crippen molar-refractivity contribution < 1.29 is 9.59 Å². The molecule has 0 amide bonds. The summed E-state index contributed by atoms with van der Waals surface area (Å²) in [7, 11) is 0. The smallest absolute Gasteiger partial charge is 0.229 e. The van der Waals surface area contributed by atoms with Gasteiger partial charge in [0.15, 0.2) is 0 Å². The normalized spacial score (nSPS) is 17.6. The Morgan fingerprint density at radius 2 is 0.650 bits per heavy atom. The van der Waals surface area contributed by atoms with Crippen LogP contribution in [0, 0.1) is 23.7 Å². The molecule has 1 aliphatic carbocycles. The van der Waals surface area contributed by atoms with Crippen molar-refractivity contribution in [3.63, 3.8) is 0 Å². The molecule has 20 heavy (non-hydrogen) atoms. The van der Waals surface area contributed by atoms with Crippen molar-refractivity contribution in [1.29, 1.82) is 0 Å². The molecule has 0 spiro atoms. The van der Waals surface area contributed by atoms with Gasteiger partial charge in [0.05, 0.1) is 0 Å². The van der Waals surface area contributed by atoms with Crippen molar-refractivity contribution in [3.05, 3.63) is 22.3 Å². The molecule has 0 aromatic heterocycles. The first-order valence-electron chi connectivity index (χ1n) is 7.68. The summed E-state index contributed by atoms with van der Waals surface area (Å²) in [5.74, 6) is 0.137. The van der Waals surface area contributed by atoms with Crippen molar-refractivity contribution in [2.75, 3.05) is 0 Å². The minimum atomic E-state index is -0.281. The van der Waals surface area contributed by atoms with E-state index in [2.05, 4.69) is 27.7 Å². The molecule has 0 N–H and O–H groups in total. The molecule has 0 atom stereocenters. The Morgan fingerprint density at radius 1 is 0.450 bits per heavy atom. The third kappa shape index (κ3) is 2.79. The molecule has 0 radical (unpaired) electrons. The third-order valence-corrected chi connectivity index (χ3v) is 3.88. The van der Waals surface area contributed by atoms with E-state index in [1.165, 1.54) is 0 Å². The Hall–Kier alpha value is -1.18. The molecule has 0 saturated heterocycles. The molecule has 0 aliphatic heterocycles. The van der Waals surface area contributed by atoms with Gasteiger partial charge in [-0.1, -0.05) is 55.4 Å². The lowest BCUT2D eigenvalue weighted by Gasteiger charge is -2.32. The van der Waals surface area contributed by atoms with E-state index in [0.717, 1.165) is 22.3 Å². The lowest BCUT2D eigenvalue weighted by Crippen LogP contribution is -2.33. The molecular weight excluding hydrogens is 248 g/mol. The van der Waals surface area contributed by atoms with Crippen LogP contribution in [0.3, 0.4) is 0 Å². The second-order valence-corrected chi connectivity index (χ2v) is 6.93. The Morgan fingerprint density at radius 3 is 0.800 bits per heavy atom. The molecule has 2 nitrogen and oxygen atoms in total. The summed E-state index contributed by atoms with van der Waals surface area (Å²) < 4.78 is 0. The van der Waals surface area contributed by atoms with Crippen molar-refractivity contribution in [2.45, 2.75) is 55.4 Å². The Kier molecular flexibility index (Phi) is 5.12. The van der Waals surface area contributed by atoms with Crippen LogP contribution in [0.2, 0.25) is 0 Å². The molecule has 112 valence electrons. The number of hydrogen-bond donors (Lipinski definition) is 0. The topological polar surface area (TPSA) is 34.1 Å². The van der Waals surface area contributed by atoms with E-state index in [1.807, 2.05) is 27.7 Å². The summed E-state index contributed by atoms with van der Waals surface area (Å²) in [4.78, 5) is 25.0. The van der Waals surface area contributed by atoms with Crippen LogP contribution in [0.5, 0.6) is 0 Å². The number of rotatable bonds is 4. The maximum absolute atomic E-state index is 12.5. The van der Waals surface area contributed by atoms with Gasteiger partial charge in [0.2, 0.25) is 11.6 Å². The van der Waals surface area contributed by atoms with Gasteiger partial charge in [-0.15, -0.1) is 0 Å². The highest BCUT2D eigenvalue weighted by Gasteiger charge is 2.38. The number of carbonyl (C=O) groups is 2. The highest BCUT2D eigenvalue weighted by atomic mass is 16.2. The van der Waals surface area contributed by atoms with Crippen LogP contribution in [0.25, 0.3) is 0 Å². The van der Waals surface area contributed by atoms with Gasteiger partial charge in [-0.3, -0.25) is 9.59 Å². The van der Waals surface area contributed by atoms with Gasteiger partial charge in [0.25, 0.3) is 0 Å². The summed E-state index contributed by atoms with van der Waals surface area (Å²) in [5, 5.41) is 0. The largest absolute Gasteiger partial charge is 0.285 e. The van der Waals surface area contributed by atoms with Crippen LogP contribution >= 0.6 is 0 Å². The van der Waals surface area contributed by atoms with Gasteiger partial charge < -0.3 is 0 Å². The molecule has 1 aliphatic rings. The number of carbonyl (C=O) groups excluding carboxylic acids is 2. The number of Topliss-reactive ketones (excluding diaryl/α,β-unsaturated/α-hetero) is 2. The first-order chi connectivity index (χ1) is 9.11. The van der Waals surface area contributed by atoms with Gasteiger partial charge >= 0.3 is 0 Å². The number of allylic oxidation sites excluding steroid dienone is 4. The molecular formula is C18H28O2. The molecule has 0 unspecified atom stereocenters. The van der Waals surface area contributed by atoms with Crippen LogP contribution in [-0.4, -0.2) is 11.6 Å². The lowest BCUT2D eigenvalue weighted by molar-refractivity contribution is -0.133. The summed E-state index contributed by atoms with van der Waals surface area (Å²) in [6, 6.07) is 0. The maximum Gasteiger partial charge on any atom is 0.229 e. The predicted octanol–water partition coefficient (Wildman–Crippen LogP) is 4.36. The van der Waals surface area contributed by atoms with Gasteiger partial charge in [0.1, 0.15) is 0 Å². The summed E-state index contributed by atoms with van der Waals surface area (Å²) >= 11 is 0. The monoisotopic (exact) mass is 276 g/mol. The minimum absolute atomic E-state index is 0.0892. The first kappa shape index (κ1) is 16.9. The van der Waals surface area contributed by atoms with Gasteiger partial charge in [0, 0.05) is 11.1 Å². The number of ketones is 2. The lowest BCUT2D eigenvalue weighted by atomic mass is 9.70. The first-order valence-corrected chi connectivity index (χ1v) is 7.68. The molecule has 0 fully saturated rings. The Balaban J connectivity index is 3.77. The van der Waals surface area contributed by atoms with E-state index in [9.17, 15) is 9.59 Å². The fourth-order valence-corrected chi connectivity index (χ4v) is 3.17. The average molecular weight is 276 g/mol. The van der Waals surface area contributed by atoms with Gasteiger partial charge in [-0.2, -0.15) is 0 Å². The molecule has 0 bridgehead atoms. The number of hydrogen-bond acceptors (Lipinski definition) is 2. The van der Waals surface area contributed by atoms with Gasteiger partial charge in [-0.05, 0) is 34.8 Å².